The predicted octanol–water partition coefficient (Wildman–Crippen LogP) is 5.55. The fraction of sp³-hybridized carbons (Fsp3) is 0.118. The standard InChI is InChI=1S/C17H11ClF3N3O5S2/c1-31(27,28)23-16-22-13(8-30-16)11-7-10(3-4-14(11)24(25)26)29-15-5-2-9(6-12(15)18)17(19,20)21/h2-8H,1H3,(H,22,23). The molecule has 0 unspecified atom stereocenters. The number of halogens is 4. The van der Waals surface area contributed by atoms with Gasteiger partial charge in [-0.1, -0.05) is 11.6 Å². The number of nitrogens with one attached hydrogen (secondary N) is 1. The quantitative estimate of drug-likeness (QED) is 0.355. The van der Waals surface area contributed by atoms with E-state index in [4.69, 9.17) is 16.3 Å². The van der Waals surface area contributed by atoms with Crippen molar-refractivity contribution in [3.8, 4) is 22.8 Å². The van der Waals surface area contributed by atoms with Crippen molar-refractivity contribution in [2.75, 3.05) is 11.0 Å². The van der Waals surface area contributed by atoms with Crippen LogP contribution in [0, 0.1) is 10.1 Å². The molecule has 0 aliphatic heterocycles. The second-order valence-electron chi connectivity index (χ2n) is 6.09. The molecule has 14 heteroatoms. The number of hydrogen-bond acceptors (Lipinski definition) is 7. The first-order chi connectivity index (χ1) is 14.3. The van der Waals surface area contributed by atoms with Crippen molar-refractivity contribution in [2.24, 2.45) is 0 Å². The molecule has 0 radical (unpaired) electrons. The number of thiazole rings is 1. The van der Waals surface area contributed by atoms with Gasteiger partial charge in [0, 0.05) is 11.4 Å². The van der Waals surface area contributed by atoms with Gasteiger partial charge < -0.3 is 4.74 Å². The van der Waals surface area contributed by atoms with Gasteiger partial charge in [0.05, 0.1) is 33.0 Å². The lowest BCUT2D eigenvalue weighted by molar-refractivity contribution is -0.384. The van der Waals surface area contributed by atoms with Gasteiger partial charge in [-0.25, -0.2) is 13.4 Å². The Kier molecular flexibility index (Phi) is 6.11. The van der Waals surface area contributed by atoms with E-state index in [0.29, 0.717) is 6.07 Å². The number of ether oxygens (including phenoxy) is 1. The van der Waals surface area contributed by atoms with Gasteiger partial charge >= 0.3 is 6.18 Å². The number of hydrogen-bond donors (Lipinski definition) is 1. The summed E-state index contributed by atoms with van der Waals surface area (Å²) in [6.45, 7) is 0. The molecule has 0 aliphatic carbocycles. The summed E-state index contributed by atoms with van der Waals surface area (Å²) in [5.74, 6) is -0.0416. The van der Waals surface area contributed by atoms with Gasteiger partial charge in [-0.05, 0) is 30.3 Å². The molecule has 1 N–H and O–H groups in total. The molecule has 1 heterocycles. The summed E-state index contributed by atoms with van der Waals surface area (Å²) in [4.78, 5) is 14.8. The maximum atomic E-state index is 12.8. The molecule has 2 aromatic carbocycles. The summed E-state index contributed by atoms with van der Waals surface area (Å²) in [6.07, 6.45) is -3.65. The maximum absolute atomic E-state index is 12.8. The molecule has 3 rings (SSSR count). The number of rotatable bonds is 6. The largest absolute Gasteiger partial charge is 0.456 e. The van der Waals surface area contributed by atoms with E-state index >= 15 is 0 Å². The number of benzene rings is 2. The number of alkyl halides is 3. The lowest BCUT2D eigenvalue weighted by atomic mass is 10.1. The van der Waals surface area contributed by atoms with E-state index < -0.39 is 26.7 Å². The highest BCUT2D eigenvalue weighted by molar-refractivity contribution is 7.92. The van der Waals surface area contributed by atoms with Crippen molar-refractivity contribution in [2.45, 2.75) is 6.18 Å². The third-order valence-corrected chi connectivity index (χ3v) is 5.45. The van der Waals surface area contributed by atoms with Crippen molar-refractivity contribution in [3.05, 3.63) is 62.5 Å². The fourth-order valence-corrected chi connectivity index (χ4v) is 4.22. The first-order valence-electron chi connectivity index (χ1n) is 8.10. The summed E-state index contributed by atoms with van der Waals surface area (Å²) < 4.78 is 68.7. The van der Waals surface area contributed by atoms with Crippen LogP contribution in [-0.4, -0.2) is 24.6 Å². The first-order valence-corrected chi connectivity index (χ1v) is 11.2. The van der Waals surface area contributed by atoms with Gasteiger partial charge in [0.15, 0.2) is 5.13 Å². The molecule has 8 nitrogen and oxygen atoms in total. The average Bonchev–Trinajstić information content (AvgIpc) is 3.08. The second-order valence-corrected chi connectivity index (χ2v) is 9.11. The number of sulfonamides is 1. The highest BCUT2D eigenvalue weighted by atomic mass is 35.5. The highest BCUT2D eigenvalue weighted by Gasteiger charge is 2.31. The van der Waals surface area contributed by atoms with Crippen molar-refractivity contribution >= 4 is 43.8 Å². The van der Waals surface area contributed by atoms with Gasteiger partial charge in [-0.2, -0.15) is 13.2 Å². The highest BCUT2D eigenvalue weighted by Crippen LogP contribution is 2.39. The van der Waals surface area contributed by atoms with E-state index in [0.717, 1.165) is 35.8 Å². The summed E-state index contributed by atoms with van der Waals surface area (Å²) in [5, 5.41) is 12.5. The van der Waals surface area contributed by atoms with Crippen LogP contribution in [0.1, 0.15) is 5.56 Å². The molecule has 0 amide bonds. The molecular weight excluding hydrogens is 483 g/mol. The molecule has 0 spiro atoms. The number of aromatic nitrogens is 1. The zero-order valence-corrected chi connectivity index (χ0v) is 17.7. The van der Waals surface area contributed by atoms with Crippen LogP contribution >= 0.6 is 22.9 Å². The minimum atomic E-state index is -4.58. The van der Waals surface area contributed by atoms with Crippen molar-refractivity contribution in [3.63, 3.8) is 0 Å². The van der Waals surface area contributed by atoms with Gasteiger partial charge in [0.2, 0.25) is 10.0 Å². The smallest absolute Gasteiger partial charge is 0.416 e. The Morgan fingerprint density at radius 1 is 1.23 bits per heavy atom. The van der Waals surface area contributed by atoms with E-state index in [1.54, 1.807) is 0 Å². The van der Waals surface area contributed by atoms with Gasteiger partial charge in [0.1, 0.15) is 11.5 Å². The van der Waals surface area contributed by atoms with Crippen LogP contribution in [0.2, 0.25) is 5.02 Å². The van der Waals surface area contributed by atoms with Crippen LogP contribution in [0.5, 0.6) is 11.5 Å². The molecule has 0 bridgehead atoms. The van der Waals surface area contributed by atoms with Gasteiger partial charge in [-0.3, -0.25) is 14.8 Å². The van der Waals surface area contributed by atoms with Crippen LogP contribution in [-0.2, 0) is 16.2 Å². The maximum Gasteiger partial charge on any atom is 0.416 e. The molecule has 0 saturated carbocycles. The molecule has 31 heavy (non-hydrogen) atoms. The fourth-order valence-electron chi connectivity index (χ4n) is 2.43. The van der Waals surface area contributed by atoms with E-state index in [1.807, 2.05) is 0 Å². The molecule has 3 aromatic rings. The van der Waals surface area contributed by atoms with Gasteiger partial charge in [-0.15, -0.1) is 11.3 Å². The second kappa shape index (κ2) is 8.32. The van der Waals surface area contributed by atoms with E-state index in [9.17, 15) is 31.7 Å². The topological polar surface area (TPSA) is 111 Å². The van der Waals surface area contributed by atoms with Crippen LogP contribution in [0.15, 0.2) is 41.8 Å². The van der Waals surface area contributed by atoms with Crippen LogP contribution in [0.3, 0.4) is 0 Å². The van der Waals surface area contributed by atoms with Crippen LogP contribution in [0.25, 0.3) is 11.3 Å². The Morgan fingerprint density at radius 3 is 2.52 bits per heavy atom. The molecule has 0 saturated heterocycles. The molecular formula is C17H11ClF3N3O5S2. The Bertz CT molecular complexity index is 1260. The SMILES string of the molecule is CS(=O)(=O)Nc1nc(-c2cc(Oc3ccc(C(F)(F)F)cc3Cl)ccc2[N+](=O)[O-])cs1. The Morgan fingerprint density at radius 2 is 1.94 bits per heavy atom. The Labute approximate surface area is 182 Å². The lowest BCUT2D eigenvalue weighted by Crippen LogP contribution is -2.09. The molecule has 0 aliphatic rings. The minimum Gasteiger partial charge on any atom is -0.456 e. The molecule has 1 aromatic heterocycles. The van der Waals surface area contributed by atoms with Crippen LogP contribution < -0.4 is 9.46 Å². The summed E-state index contributed by atoms with van der Waals surface area (Å²) in [6, 6.07) is 6.15. The molecule has 164 valence electrons. The first kappa shape index (κ1) is 22.8. The monoisotopic (exact) mass is 493 g/mol. The summed E-state index contributed by atoms with van der Waals surface area (Å²) >= 11 is 6.80. The predicted molar refractivity (Wildman–Crippen MR) is 109 cm³/mol. The third-order valence-electron chi connectivity index (χ3n) is 3.70. The van der Waals surface area contributed by atoms with Gasteiger partial charge in [0.25, 0.3) is 5.69 Å². The van der Waals surface area contributed by atoms with Crippen LogP contribution in [0.4, 0.5) is 24.0 Å². The van der Waals surface area contributed by atoms with E-state index in [-0.39, 0.29) is 38.6 Å². The Hall–Kier alpha value is -2.90. The summed E-state index contributed by atoms with van der Waals surface area (Å²) in [7, 11) is -3.60. The number of nitro benzene ring substituents is 1. The van der Waals surface area contributed by atoms with Crippen molar-refractivity contribution in [1.82, 2.24) is 4.98 Å². The molecule has 0 fully saturated rings. The van der Waals surface area contributed by atoms with Crippen molar-refractivity contribution in [1.29, 1.82) is 0 Å². The third kappa shape index (κ3) is 5.62. The normalized spacial score (nSPS) is 11.9. The number of nitrogens with zero attached hydrogens (tertiary/aromatic N) is 2. The Balaban J connectivity index is 1.97. The lowest BCUT2D eigenvalue weighted by Gasteiger charge is -2.12. The average molecular weight is 494 g/mol. The molecule has 0 atom stereocenters. The number of nitro groups is 1. The summed E-state index contributed by atoms with van der Waals surface area (Å²) in [5.41, 5.74) is -1.17. The minimum absolute atomic E-state index is 0.00361. The van der Waals surface area contributed by atoms with Crippen molar-refractivity contribution < 1.29 is 31.2 Å². The van der Waals surface area contributed by atoms with E-state index in [1.165, 1.54) is 17.5 Å². The zero-order valence-electron chi connectivity index (χ0n) is 15.3. The van der Waals surface area contributed by atoms with E-state index in [2.05, 4.69) is 9.71 Å². The number of anilines is 1. The zero-order chi connectivity index (χ0) is 23.0.